The Balaban J connectivity index is 1.68. The smallest absolute Gasteiger partial charge is 0.222 e. The maximum Gasteiger partial charge on any atom is 0.222 e. The van der Waals surface area contributed by atoms with E-state index < -0.39 is 5.60 Å². The van der Waals surface area contributed by atoms with E-state index in [-0.39, 0.29) is 11.8 Å². The minimum atomic E-state index is -0.938. The number of aliphatic hydroxyl groups is 1. The van der Waals surface area contributed by atoms with Crippen molar-refractivity contribution in [1.82, 2.24) is 10.2 Å². The van der Waals surface area contributed by atoms with E-state index in [1.807, 2.05) is 36.2 Å². The average molecular weight is 477 g/mol. The van der Waals surface area contributed by atoms with Crippen molar-refractivity contribution in [3.05, 3.63) is 34.9 Å². The fourth-order valence-corrected chi connectivity index (χ4v) is 6.37. The van der Waals surface area contributed by atoms with Crippen molar-refractivity contribution in [3.63, 3.8) is 0 Å². The molecule has 3 rings (SSSR count). The molecular weight excluding hydrogens is 432 g/mol. The minimum Gasteiger partial charge on any atom is -0.385 e. The Morgan fingerprint density at radius 3 is 2.73 bits per heavy atom. The molecule has 2 fully saturated rings. The van der Waals surface area contributed by atoms with Crippen LogP contribution < -0.4 is 5.32 Å². The van der Waals surface area contributed by atoms with Crippen LogP contribution in [0.15, 0.2) is 24.3 Å². The summed E-state index contributed by atoms with van der Waals surface area (Å²) in [6, 6.07) is 7.69. The molecule has 4 nitrogen and oxygen atoms in total. The standard InChI is InChI=1S/C28H45ClN2O2/c1-3-4-15-28(33,24-12-8-14-26(29)19-24)25-13-9-16-31(21-25)27(32)18-23(20-30-2)17-22-10-6-5-7-11-22/h8,12,14,19,22-23,25,30,33H,3-7,9-11,13,15-18,20-21H2,1-2H3/t23-,25-,28-/m1/s1. The molecular formula is C28H45ClN2O2. The van der Waals surface area contributed by atoms with Gasteiger partial charge in [0, 0.05) is 30.5 Å². The van der Waals surface area contributed by atoms with Crippen LogP contribution in [-0.2, 0) is 10.4 Å². The summed E-state index contributed by atoms with van der Waals surface area (Å²) in [5.41, 5.74) is -0.0418. The highest BCUT2D eigenvalue weighted by Gasteiger charge is 2.41. The molecule has 1 aliphatic heterocycles. The topological polar surface area (TPSA) is 52.6 Å². The van der Waals surface area contributed by atoms with Crippen LogP contribution in [0.1, 0.15) is 89.5 Å². The molecule has 1 aliphatic carbocycles. The summed E-state index contributed by atoms with van der Waals surface area (Å²) in [4.78, 5) is 15.4. The minimum absolute atomic E-state index is 0.0429. The van der Waals surface area contributed by atoms with Gasteiger partial charge in [-0.1, -0.05) is 75.6 Å². The first-order chi connectivity index (χ1) is 16.0. The number of carbonyl (C=O) groups is 1. The maximum atomic E-state index is 13.4. The summed E-state index contributed by atoms with van der Waals surface area (Å²) < 4.78 is 0. The number of nitrogens with one attached hydrogen (secondary N) is 1. The van der Waals surface area contributed by atoms with Crippen molar-refractivity contribution in [1.29, 1.82) is 0 Å². The number of hydrogen-bond donors (Lipinski definition) is 2. The number of unbranched alkanes of at least 4 members (excludes halogenated alkanes) is 1. The molecule has 0 unspecified atom stereocenters. The molecule has 1 saturated heterocycles. The molecule has 1 heterocycles. The lowest BCUT2D eigenvalue weighted by molar-refractivity contribution is -0.137. The molecule has 2 N–H and O–H groups in total. The molecule has 0 radical (unpaired) electrons. The molecule has 0 aromatic heterocycles. The fraction of sp³-hybridized carbons (Fsp3) is 0.750. The number of piperidine rings is 1. The second-order valence-corrected chi connectivity index (χ2v) is 11.0. The van der Waals surface area contributed by atoms with Crippen LogP contribution >= 0.6 is 11.6 Å². The van der Waals surface area contributed by atoms with Crippen molar-refractivity contribution in [2.75, 3.05) is 26.7 Å². The zero-order chi connectivity index (χ0) is 23.7. The Bertz CT molecular complexity index is 736. The highest BCUT2D eigenvalue weighted by Crippen LogP contribution is 2.40. The quantitative estimate of drug-likeness (QED) is 0.402. The van der Waals surface area contributed by atoms with Gasteiger partial charge in [0.2, 0.25) is 5.91 Å². The number of amides is 1. The molecule has 0 bridgehead atoms. The zero-order valence-electron chi connectivity index (χ0n) is 20.8. The Labute approximate surface area is 206 Å². The summed E-state index contributed by atoms with van der Waals surface area (Å²) in [7, 11) is 1.99. The first-order valence-corrected chi connectivity index (χ1v) is 13.7. The van der Waals surface area contributed by atoms with Gasteiger partial charge in [-0.25, -0.2) is 0 Å². The SMILES string of the molecule is CCCC[C@@](O)(c1cccc(Cl)c1)[C@@H]1CCCN(C(=O)C[C@H](CNC)CC2CCCCC2)C1. The molecule has 1 amide bonds. The van der Waals surface area contributed by atoms with E-state index in [2.05, 4.69) is 12.2 Å². The third kappa shape index (κ3) is 7.44. The highest BCUT2D eigenvalue weighted by molar-refractivity contribution is 6.30. The van der Waals surface area contributed by atoms with Crippen molar-refractivity contribution in [2.45, 2.75) is 89.6 Å². The predicted molar refractivity (Wildman–Crippen MR) is 137 cm³/mol. The van der Waals surface area contributed by atoms with E-state index in [0.717, 1.165) is 56.7 Å². The van der Waals surface area contributed by atoms with Crippen LogP contribution in [0.5, 0.6) is 0 Å². The molecule has 186 valence electrons. The van der Waals surface area contributed by atoms with Gasteiger partial charge in [-0.2, -0.15) is 0 Å². The second kappa shape index (κ2) is 13.1. The van der Waals surface area contributed by atoms with Crippen LogP contribution in [0.3, 0.4) is 0 Å². The third-order valence-corrected chi connectivity index (χ3v) is 8.27. The first-order valence-electron chi connectivity index (χ1n) is 13.4. The number of hydrogen-bond acceptors (Lipinski definition) is 3. The number of likely N-dealkylation sites (tertiary alicyclic amines) is 1. The normalized spacial score (nSPS) is 22.7. The van der Waals surface area contributed by atoms with Crippen molar-refractivity contribution in [2.24, 2.45) is 17.8 Å². The Morgan fingerprint density at radius 2 is 2.03 bits per heavy atom. The molecule has 33 heavy (non-hydrogen) atoms. The number of benzene rings is 1. The monoisotopic (exact) mass is 476 g/mol. The molecule has 2 aliphatic rings. The largest absolute Gasteiger partial charge is 0.385 e. The predicted octanol–water partition coefficient (Wildman–Crippen LogP) is 6.15. The van der Waals surface area contributed by atoms with E-state index in [9.17, 15) is 9.90 Å². The fourth-order valence-electron chi connectivity index (χ4n) is 6.18. The molecule has 1 aromatic carbocycles. The number of rotatable bonds is 11. The number of carbonyl (C=O) groups excluding carboxylic acids is 1. The van der Waals surface area contributed by atoms with Gasteiger partial charge >= 0.3 is 0 Å². The van der Waals surface area contributed by atoms with E-state index in [1.165, 1.54) is 32.1 Å². The Kier molecular flexibility index (Phi) is 10.5. The third-order valence-electron chi connectivity index (χ3n) is 8.03. The van der Waals surface area contributed by atoms with E-state index >= 15 is 0 Å². The summed E-state index contributed by atoms with van der Waals surface area (Å²) in [5.74, 6) is 1.49. The zero-order valence-corrected chi connectivity index (χ0v) is 21.6. The molecule has 1 aromatic rings. The Hall–Kier alpha value is -1.10. The average Bonchev–Trinajstić information content (AvgIpc) is 2.83. The summed E-state index contributed by atoms with van der Waals surface area (Å²) in [6.45, 7) is 4.51. The Morgan fingerprint density at radius 1 is 1.24 bits per heavy atom. The molecule has 5 heteroatoms. The molecule has 0 spiro atoms. The van der Waals surface area contributed by atoms with E-state index in [0.29, 0.717) is 30.3 Å². The lowest BCUT2D eigenvalue weighted by atomic mass is 9.74. The van der Waals surface area contributed by atoms with Crippen LogP contribution in [0.2, 0.25) is 5.02 Å². The van der Waals surface area contributed by atoms with Crippen molar-refractivity contribution >= 4 is 17.5 Å². The van der Waals surface area contributed by atoms with Crippen LogP contribution in [0.4, 0.5) is 0 Å². The van der Waals surface area contributed by atoms with E-state index in [4.69, 9.17) is 11.6 Å². The van der Waals surface area contributed by atoms with E-state index in [1.54, 1.807) is 0 Å². The maximum absolute atomic E-state index is 13.4. The van der Waals surface area contributed by atoms with Crippen molar-refractivity contribution < 1.29 is 9.90 Å². The molecule has 1 saturated carbocycles. The second-order valence-electron chi connectivity index (χ2n) is 10.6. The van der Waals surface area contributed by atoms with Gasteiger partial charge < -0.3 is 15.3 Å². The van der Waals surface area contributed by atoms with Gasteiger partial charge in [-0.3, -0.25) is 4.79 Å². The van der Waals surface area contributed by atoms with Gasteiger partial charge in [0.1, 0.15) is 0 Å². The first kappa shape index (κ1) is 26.5. The lowest BCUT2D eigenvalue weighted by Gasteiger charge is -2.43. The summed E-state index contributed by atoms with van der Waals surface area (Å²) >= 11 is 6.29. The van der Waals surface area contributed by atoms with Gasteiger partial charge in [0.25, 0.3) is 0 Å². The lowest BCUT2D eigenvalue weighted by Crippen LogP contribution is -2.48. The van der Waals surface area contributed by atoms with Crippen LogP contribution in [0, 0.1) is 17.8 Å². The van der Waals surface area contributed by atoms with Gasteiger partial charge in [0.15, 0.2) is 0 Å². The van der Waals surface area contributed by atoms with Crippen LogP contribution in [0.25, 0.3) is 0 Å². The summed E-state index contributed by atoms with van der Waals surface area (Å²) in [6.07, 6.45) is 13.1. The molecule has 3 atom stereocenters. The van der Waals surface area contributed by atoms with Gasteiger partial charge in [0.05, 0.1) is 5.60 Å². The number of halogens is 1. The van der Waals surface area contributed by atoms with Gasteiger partial charge in [-0.15, -0.1) is 0 Å². The number of nitrogens with zero attached hydrogens (tertiary/aromatic N) is 1. The summed E-state index contributed by atoms with van der Waals surface area (Å²) in [5, 5.41) is 15.9. The van der Waals surface area contributed by atoms with Crippen molar-refractivity contribution in [3.8, 4) is 0 Å². The van der Waals surface area contributed by atoms with Gasteiger partial charge in [-0.05, 0) is 68.8 Å². The van der Waals surface area contributed by atoms with Crippen LogP contribution in [-0.4, -0.2) is 42.6 Å². The highest BCUT2D eigenvalue weighted by atomic mass is 35.5.